The number of nitrogens with zero attached hydrogens (tertiary/aromatic N) is 4. The van der Waals surface area contributed by atoms with E-state index in [4.69, 9.17) is 9.84 Å². The SMILES string of the molecule is CCOc1ccc(-c2nnc3n2N=C(c2ccc(-c4ccccc4)cc2)CS3)cc1. The van der Waals surface area contributed by atoms with Crippen molar-refractivity contribution >= 4 is 17.5 Å². The summed E-state index contributed by atoms with van der Waals surface area (Å²) in [4.78, 5) is 0. The third kappa shape index (κ3) is 3.62. The lowest BCUT2D eigenvalue weighted by Crippen LogP contribution is -2.13. The van der Waals surface area contributed by atoms with Crippen molar-refractivity contribution in [2.24, 2.45) is 5.10 Å². The minimum atomic E-state index is 0.646. The van der Waals surface area contributed by atoms with Gasteiger partial charge in [0.25, 0.3) is 0 Å². The molecule has 0 aliphatic carbocycles. The molecule has 6 heteroatoms. The van der Waals surface area contributed by atoms with Gasteiger partial charge >= 0.3 is 0 Å². The van der Waals surface area contributed by atoms with Gasteiger partial charge in [-0.15, -0.1) is 10.2 Å². The zero-order valence-electron chi connectivity index (χ0n) is 16.5. The maximum absolute atomic E-state index is 5.53. The largest absolute Gasteiger partial charge is 0.494 e. The molecule has 0 bridgehead atoms. The second kappa shape index (κ2) is 8.16. The van der Waals surface area contributed by atoms with Crippen LogP contribution in [0.2, 0.25) is 0 Å². The van der Waals surface area contributed by atoms with Gasteiger partial charge < -0.3 is 4.74 Å². The van der Waals surface area contributed by atoms with Crippen LogP contribution in [0.25, 0.3) is 22.5 Å². The Morgan fingerprint density at radius 2 is 1.47 bits per heavy atom. The number of fused-ring (bicyclic) bond motifs is 1. The van der Waals surface area contributed by atoms with Gasteiger partial charge in [0.1, 0.15) is 5.75 Å². The van der Waals surface area contributed by atoms with E-state index < -0.39 is 0 Å². The Labute approximate surface area is 179 Å². The van der Waals surface area contributed by atoms with Crippen LogP contribution in [0, 0.1) is 0 Å². The summed E-state index contributed by atoms with van der Waals surface area (Å²) in [5.74, 6) is 2.35. The maximum Gasteiger partial charge on any atom is 0.212 e. The highest BCUT2D eigenvalue weighted by Crippen LogP contribution is 2.30. The fourth-order valence-electron chi connectivity index (χ4n) is 3.40. The number of ether oxygens (including phenoxy) is 1. The first-order valence-electron chi connectivity index (χ1n) is 9.87. The summed E-state index contributed by atoms with van der Waals surface area (Å²) in [5.41, 5.74) is 5.49. The van der Waals surface area contributed by atoms with Crippen LogP contribution < -0.4 is 4.74 Å². The third-order valence-corrected chi connectivity index (χ3v) is 5.85. The molecule has 0 atom stereocenters. The molecule has 0 N–H and O–H groups in total. The Bertz CT molecular complexity index is 1180. The molecule has 0 saturated heterocycles. The Kier molecular flexibility index (Phi) is 5.07. The number of hydrogen-bond acceptors (Lipinski definition) is 5. The average molecular weight is 413 g/mol. The van der Waals surface area contributed by atoms with E-state index in [0.717, 1.165) is 39.3 Å². The van der Waals surface area contributed by atoms with Crippen molar-refractivity contribution in [2.45, 2.75) is 12.1 Å². The van der Waals surface area contributed by atoms with Gasteiger partial charge in [-0.05, 0) is 47.9 Å². The van der Waals surface area contributed by atoms with Crippen molar-refractivity contribution in [3.63, 3.8) is 0 Å². The molecule has 30 heavy (non-hydrogen) atoms. The van der Waals surface area contributed by atoms with Crippen molar-refractivity contribution in [3.8, 4) is 28.3 Å². The molecule has 0 unspecified atom stereocenters. The highest BCUT2D eigenvalue weighted by atomic mass is 32.2. The molecule has 0 radical (unpaired) electrons. The Balaban J connectivity index is 1.45. The number of rotatable bonds is 5. The molecule has 148 valence electrons. The molecule has 4 aromatic rings. The van der Waals surface area contributed by atoms with Gasteiger partial charge in [0, 0.05) is 11.3 Å². The van der Waals surface area contributed by atoms with E-state index >= 15 is 0 Å². The van der Waals surface area contributed by atoms with Crippen molar-refractivity contribution in [1.82, 2.24) is 14.9 Å². The molecule has 1 aliphatic heterocycles. The monoisotopic (exact) mass is 412 g/mol. The average Bonchev–Trinajstić information content (AvgIpc) is 3.24. The van der Waals surface area contributed by atoms with Crippen molar-refractivity contribution in [2.75, 3.05) is 12.4 Å². The second-order valence-corrected chi connectivity index (χ2v) is 7.80. The van der Waals surface area contributed by atoms with Crippen LogP contribution in [0.1, 0.15) is 12.5 Å². The topological polar surface area (TPSA) is 52.3 Å². The summed E-state index contributed by atoms with van der Waals surface area (Å²) in [5, 5.41) is 14.4. The molecule has 0 spiro atoms. The third-order valence-electron chi connectivity index (χ3n) is 4.92. The summed E-state index contributed by atoms with van der Waals surface area (Å²) >= 11 is 1.65. The van der Waals surface area contributed by atoms with E-state index in [0.29, 0.717) is 6.61 Å². The van der Waals surface area contributed by atoms with E-state index in [1.54, 1.807) is 11.8 Å². The summed E-state index contributed by atoms with van der Waals surface area (Å²) in [6, 6.07) is 26.8. The number of benzene rings is 3. The standard InChI is InChI=1S/C24H20N4OS/c1-2-29-21-14-12-20(13-15-21)23-25-26-24-28(23)27-22(16-30-24)19-10-8-18(9-11-19)17-6-4-3-5-7-17/h3-15H,2,16H2,1H3. The van der Waals surface area contributed by atoms with Crippen molar-refractivity contribution in [3.05, 3.63) is 84.4 Å². The first-order chi connectivity index (χ1) is 14.8. The van der Waals surface area contributed by atoms with Crippen LogP contribution in [0.5, 0.6) is 5.75 Å². The van der Waals surface area contributed by atoms with E-state index in [1.165, 1.54) is 11.1 Å². The van der Waals surface area contributed by atoms with Gasteiger partial charge in [-0.2, -0.15) is 9.78 Å². The first-order valence-corrected chi connectivity index (χ1v) is 10.9. The maximum atomic E-state index is 5.53. The highest BCUT2D eigenvalue weighted by Gasteiger charge is 2.20. The van der Waals surface area contributed by atoms with E-state index in [-0.39, 0.29) is 0 Å². The lowest BCUT2D eigenvalue weighted by atomic mass is 10.0. The summed E-state index contributed by atoms with van der Waals surface area (Å²) in [6.45, 7) is 2.62. The van der Waals surface area contributed by atoms with Gasteiger partial charge in [0.2, 0.25) is 5.16 Å². The number of hydrogen-bond donors (Lipinski definition) is 0. The molecule has 1 aliphatic rings. The van der Waals surface area contributed by atoms with Gasteiger partial charge in [0.15, 0.2) is 5.82 Å². The van der Waals surface area contributed by atoms with Crippen molar-refractivity contribution in [1.29, 1.82) is 0 Å². The van der Waals surface area contributed by atoms with E-state index in [2.05, 4.69) is 58.7 Å². The summed E-state index contributed by atoms with van der Waals surface area (Å²) in [7, 11) is 0. The zero-order chi connectivity index (χ0) is 20.3. The normalized spacial score (nSPS) is 12.9. The van der Waals surface area contributed by atoms with Gasteiger partial charge in [-0.1, -0.05) is 66.4 Å². The lowest BCUT2D eigenvalue weighted by molar-refractivity contribution is 0.340. The number of aromatic nitrogens is 3. The van der Waals surface area contributed by atoms with Crippen molar-refractivity contribution < 1.29 is 4.74 Å². The summed E-state index contributed by atoms with van der Waals surface area (Å²) in [6.07, 6.45) is 0. The number of thioether (sulfide) groups is 1. The minimum Gasteiger partial charge on any atom is -0.494 e. The Morgan fingerprint density at radius 3 is 2.20 bits per heavy atom. The van der Waals surface area contributed by atoms with Gasteiger partial charge in [-0.3, -0.25) is 0 Å². The molecular weight excluding hydrogens is 392 g/mol. The van der Waals surface area contributed by atoms with E-state index in [9.17, 15) is 0 Å². The van der Waals surface area contributed by atoms with Crippen LogP contribution >= 0.6 is 11.8 Å². The predicted octanol–water partition coefficient (Wildman–Crippen LogP) is 5.37. The molecule has 0 saturated carbocycles. The fourth-order valence-corrected chi connectivity index (χ4v) is 4.24. The molecule has 5 rings (SSSR count). The van der Waals surface area contributed by atoms with Gasteiger partial charge in [-0.25, -0.2) is 0 Å². The first kappa shape index (κ1) is 18.6. The molecular formula is C24H20N4OS. The highest BCUT2D eigenvalue weighted by molar-refractivity contribution is 7.99. The zero-order valence-corrected chi connectivity index (χ0v) is 17.3. The van der Waals surface area contributed by atoms with Crippen LogP contribution in [0.15, 0.2) is 89.1 Å². The lowest BCUT2D eigenvalue weighted by Gasteiger charge is -2.14. The molecule has 2 heterocycles. The predicted molar refractivity (Wildman–Crippen MR) is 121 cm³/mol. The molecule has 1 aromatic heterocycles. The smallest absolute Gasteiger partial charge is 0.212 e. The second-order valence-electron chi connectivity index (χ2n) is 6.85. The molecule has 3 aromatic carbocycles. The van der Waals surface area contributed by atoms with Crippen LogP contribution in [0.3, 0.4) is 0 Å². The minimum absolute atomic E-state index is 0.646. The van der Waals surface area contributed by atoms with Gasteiger partial charge in [0.05, 0.1) is 12.3 Å². The molecule has 5 nitrogen and oxygen atoms in total. The molecule has 0 fully saturated rings. The quantitative estimate of drug-likeness (QED) is 0.442. The van der Waals surface area contributed by atoms with Crippen LogP contribution in [0.4, 0.5) is 0 Å². The summed E-state index contributed by atoms with van der Waals surface area (Å²) < 4.78 is 7.37. The molecule has 0 amide bonds. The Morgan fingerprint density at radius 1 is 0.800 bits per heavy atom. The van der Waals surface area contributed by atoms with E-state index in [1.807, 2.05) is 41.9 Å². The Hall–Kier alpha value is -3.38. The fraction of sp³-hybridized carbons (Fsp3) is 0.125. The van der Waals surface area contributed by atoms with Crippen LogP contribution in [-0.4, -0.2) is 32.9 Å². The van der Waals surface area contributed by atoms with Crippen LogP contribution in [-0.2, 0) is 0 Å².